The molecule has 1 heterocycles. The summed E-state index contributed by atoms with van der Waals surface area (Å²) in [5, 5.41) is 1.08. The van der Waals surface area contributed by atoms with E-state index in [1.807, 2.05) is 18.2 Å². The lowest BCUT2D eigenvalue weighted by Gasteiger charge is -2.14. The van der Waals surface area contributed by atoms with Crippen LogP contribution in [0.3, 0.4) is 0 Å². The van der Waals surface area contributed by atoms with Gasteiger partial charge in [-0.25, -0.2) is 4.39 Å². The SMILES string of the molecule is C=C(/C=C\C(F)=C/C)c1c(C)c(C2CC2)nc2ccccc12. The van der Waals surface area contributed by atoms with Crippen LogP contribution in [0.4, 0.5) is 4.39 Å². The van der Waals surface area contributed by atoms with E-state index in [4.69, 9.17) is 4.98 Å². The molecule has 0 amide bonds. The molecule has 0 saturated heterocycles. The van der Waals surface area contributed by atoms with E-state index in [9.17, 15) is 4.39 Å². The zero-order valence-corrected chi connectivity index (χ0v) is 13.1. The lowest BCUT2D eigenvalue weighted by atomic mass is 9.94. The topological polar surface area (TPSA) is 12.9 Å². The molecule has 3 rings (SSSR count). The highest BCUT2D eigenvalue weighted by molar-refractivity contribution is 5.95. The van der Waals surface area contributed by atoms with Crippen molar-refractivity contribution >= 4 is 16.5 Å². The van der Waals surface area contributed by atoms with Gasteiger partial charge in [-0.15, -0.1) is 0 Å². The average Bonchev–Trinajstić information content (AvgIpc) is 3.36. The van der Waals surface area contributed by atoms with Crippen LogP contribution >= 0.6 is 0 Å². The Kier molecular flexibility index (Phi) is 3.93. The zero-order chi connectivity index (χ0) is 15.7. The number of nitrogens with zero attached hydrogens (tertiary/aromatic N) is 1. The number of allylic oxidation sites excluding steroid dienone is 5. The van der Waals surface area contributed by atoms with Gasteiger partial charge >= 0.3 is 0 Å². The van der Waals surface area contributed by atoms with Crippen molar-refractivity contribution in [3.63, 3.8) is 0 Å². The van der Waals surface area contributed by atoms with Crippen molar-refractivity contribution in [1.29, 1.82) is 0 Å². The Balaban J connectivity index is 2.16. The minimum atomic E-state index is -0.250. The molecule has 0 aliphatic heterocycles. The van der Waals surface area contributed by atoms with E-state index in [1.54, 1.807) is 13.0 Å². The molecule has 1 nitrogen and oxygen atoms in total. The van der Waals surface area contributed by atoms with Crippen molar-refractivity contribution in [3.8, 4) is 0 Å². The maximum atomic E-state index is 13.4. The van der Waals surface area contributed by atoms with Crippen molar-refractivity contribution in [2.75, 3.05) is 0 Å². The molecule has 2 aromatic rings. The third kappa shape index (κ3) is 2.74. The van der Waals surface area contributed by atoms with E-state index in [0.29, 0.717) is 5.92 Å². The fourth-order valence-electron chi connectivity index (χ4n) is 2.85. The second kappa shape index (κ2) is 5.88. The molecular weight excluding hydrogens is 273 g/mol. The summed E-state index contributed by atoms with van der Waals surface area (Å²) < 4.78 is 13.4. The number of para-hydroxylation sites is 1. The summed E-state index contributed by atoms with van der Waals surface area (Å²) in [6.45, 7) is 7.94. The molecule has 0 N–H and O–H groups in total. The Bertz CT molecular complexity index is 795. The minimum Gasteiger partial charge on any atom is -0.252 e. The summed E-state index contributed by atoms with van der Waals surface area (Å²) in [5.74, 6) is 0.326. The highest BCUT2D eigenvalue weighted by atomic mass is 19.1. The van der Waals surface area contributed by atoms with E-state index in [1.165, 1.54) is 36.3 Å². The predicted molar refractivity (Wildman–Crippen MR) is 91.5 cm³/mol. The Labute approximate surface area is 130 Å². The first kappa shape index (κ1) is 14.7. The van der Waals surface area contributed by atoms with Crippen molar-refractivity contribution in [2.24, 2.45) is 0 Å². The average molecular weight is 293 g/mol. The summed E-state index contributed by atoms with van der Waals surface area (Å²) in [7, 11) is 0. The maximum absolute atomic E-state index is 13.4. The molecule has 0 bridgehead atoms. The van der Waals surface area contributed by atoms with Gasteiger partial charge in [-0.1, -0.05) is 36.9 Å². The number of hydrogen-bond donors (Lipinski definition) is 0. The second-order valence-corrected chi connectivity index (χ2v) is 5.82. The number of hydrogen-bond acceptors (Lipinski definition) is 1. The Morgan fingerprint density at radius 3 is 2.68 bits per heavy atom. The molecule has 2 heteroatoms. The molecule has 112 valence electrons. The first-order valence-corrected chi connectivity index (χ1v) is 7.70. The molecule has 1 aromatic heterocycles. The Morgan fingerprint density at radius 1 is 1.27 bits per heavy atom. The lowest BCUT2D eigenvalue weighted by Crippen LogP contribution is -1.99. The van der Waals surface area contributed by atoms with Crippen LogP contribution in [0.1, 0.15) is 42.5 Å². The fraction of sp³-hybridized carbons (Fsp3) is 0.250. The summed E-state index contributed by atoms with van der Waals surface area (Å²) >= 11 is 0. The third-order valence-electron chi connectivity index (χ3n) is 4.18. The van der Waals surface area contributed by atoms with Gasteiger partial charge in [0.25, 0.3) is 0 Å². The normalized spacial score (nSPS) is 15.7. The van der Waals surface area contributed by atoms with Gasteiger partial charge in [0.1, 0.15) is 5.83 Å². The standard InChI is InChI=1S/C20H20FN/c1-4-16(21)12-9-13(2)19-14(3)20(15-10-11-15)22-18-8-6-5-7-17(18)19/h4-9,12,15H,2,10-11H2,1,3H3/b12-9-,16-4+. The first-order chi connectivity index (χ1) is 10.6. The Morgan fingerprint density at radius 2 is 2.00 bits per heavy atom. The summed E-state index contributed by atoms with van der Waals surface area (Å²) in [6, 6.07) is 8.11. The van der Waals surface area contributed by atoms with E-state index >= 15 is 0 Å². The number of rotatable bonds is 4. The summed E-state index contributed by atoms with van der Waals surface area (Å²) in [6.07, 6.45) is 7.08. The van der Waals surface area contributed by atoms with Gasteiger partial charge < -0.3 is 0 Å². The number of halogens is 1. The minimum absolute atomic E-state index is 0.250. The van der Waals surface area contributed by atoms with Gasteiger partial charge in [-0.2, -0.15) is 0 Å². The number of fused-ring (bicyclic) bond motifs is 1. The van der Waals surface area contributed by atoms with Crippen LogP contribution in [0.25, 0.3) is 16.5 Å². The number of benzene rings is 1. The molecule has 22 heavy (non-hydrogen) atoms. The van der Waals surface area contributed by atoms with Crippen LogP contribution < -0.4 is 0 Å². The molecule has 1 saturated carbocycles. The molecule has 1 aliphatic carbocycles. The molecule has 0 radical (unpaired) electrons. The quantitative estimate of drug-likeness (QED) is 0.643. The second-order valence-electron chi connectivity index (χ2n) is 5.82. The van der Waals surface area contributed by atoms with Crippen molar-refractivity contribution in [2.45, 2.75) is 32.6 Å². The van der Waals surface area contributed by atoms with E-state index < -0.39 is 0 Å². The van der Waals surface area contributed by atoms with Crippen LogP contribution in [0.15, 0.2) is 54.9 Å². The van der Waals surface area contributed by atoms with Gasteiger partial charge in [-0.05, 0) is 55.5 Å². The highest BCUT2D eigenvalue weighted by Gasteiger charge is 2.28. The molecule has 1 aliphatic rings. The summed E-state index contributed by atoms with van der Waals surface area (Å²) in [4.78, 5) is 4.84. The predicted octanol–water partition coefficient (Wildman–Crippen LogP) is 5.86. The smallest absolute Gasteiger partial charge is 0.118 e. The maximum Gasteiger partial charge on any atom is 0.118 e. The van der Waals surface area contributed by atoms with E-state index in [-0.39, 0.29) is 5.83 Å². The zero-order valence-electron chi connectivity index (χ0n) is 13.1. The fourth-order valence-corrected chi connectivity index (χ4v) is 2.85. The largest absolute Gasteiger partial charge is 0.252 e. The van der Waals surface area contributed by atoms with Crippen molar-refractivity contribution in [1.82, 2.24) is 4.98 Å². The number of pyridine rings is 1. The van der Waals surface area contributed by atoms with Crippen LogP contribution in [-0.4, -0.2) is 4.98 Å². The van der Waals surface area contributed by atoms with Gasteiger partial charge in [0.15, 0.2) is 0 Å². The van der Waals surface area contributed by atoms with E-state index in [2.05, 4.69) is 19.6 Å². The third-order valence-corrected chi connectivity index (χ3v) is 4.18. The highest BCUT2D eigenvalue weighted by Crippen LogP contribution is 2.43. The lowest BCUT2D eigenvalue weighted by molar-refractivity contribution is 0.665. The first-order valence-electron chi connectivity index (χ1n) is 7.70. The van der Waals surface area contributed by atoms with Gasteiger partial charge in [-0.3, -0.25) is 4.98 Å². The van der Waals surface area contributed by atoms with Gasteiger partial charge in [0.05, 0.1) is 5.52 Å². The summed E-state index contributed by atoms with van der Waals surface area (Å²) in [5.41, 5.74) is 5.26. The van der Waals surface area contributed by atoms with Crippen molar-refractivity contribution in [3.05, 3.63) is 71.7 Å². The van der Waals surface area contributed by atoms with Crippen LogP contribution in [0.2, 0.25) is 0 Å². The molecule has 1 aromatic carbocycles. The van der Waals surface area contributed by atoms with Crippen LogP contribution in [0.5, 0.6) is 0 Å². The van der Waals surface area contributed by atoms with Gasteiger partial charge in [0, 0.05) is 17.0 Å². The molecule has 0 spiro atoms. The monoisotopic (exact) mass is 293 g/mol. The number of aromatic nitrogens is 1. The van der Waals surface area contributed by atoms with Crippen LogP contribution in [-0.2, 0) is 0 Å². The molecule has 1 fully saturated rings. The molecular formula is C20H20FN. The molecule has 0 unspecified atom stereocenters. The molecule has 0 atom stereocenters. The van der Waals surface area contributed by atoms with Gasteiger partial charge in [0.2, 0.25) is 0 Å². The van der Waals surface area contributed by atoms with Crippen molar-refractivity contribution < 1.29 is 4.39 Å². The van der Waals surface area contributed by atoms with Crippen LogP contribution in [0, 0.1) is 6.92 Å². The van der Waals surface area contributed by atoms with E-state index in [0.717, 1.165) is 22.0 Å². The Hall–Kier alpha value is -2.22.